The second-order valence-corrected chi connectivity index (χ2v) is 8.46. The Morgan fingerprint density at radius 2 is 1.95 bits per heavy atom. The Kier molecular flexibility index (Phi) is 3.21. The first-order valence-corrected chi connectivity index (χ1v) is 9.14. The topological polar surface area (TPSA) is 0 Å². The van der Waals surface area contributed by atoms with Gasteiger partial charge in [-0.3, -0.25) is 0 Å². The molecule has 0 nitrogen and oxygen atoms in total. The molecule has 6 unspecified atom stereocenters. The number of allylic oxidation sites excluding steroid dienone is 4. The molecule has 0 amide bonds. The molecule has 0 N–H and O–H groups in total. The van der Waals surface area contributed by atoms with Gasteiger partial charge < -0.3 is 0 Å². The highest BCUT2D eigenvalue weighted by molar-refractivity contribution is 5.29. The lowest BCUT2D eigenvalue weighted by Crippen LogP contribution is -2.45. The average Bonchev–Trinajstić information content (AvgIpc) is 2.83. The number of hydrogen-bond acceptors (Lipinski definition) is 0. The van der Waals surface area contributed by atoms with Crippen LogP contribution in [0.25, 0.3) is 0 Å². The van der Waals surface area contributed by atoms with E-state index in [1.54, 1.807) is 5.57 Å². The van der Waals surface area contributed by atoms with E-state index in [9.17, 15) is 0 Å². The van der Waals surface area contributed by atoms with Crippen LogP contribution in [0, 0.1) is 35.0 Å². The summed E-state index contributed by atoms with van der Waals surface area (Å²) >= 11 is 0. The van der Waals surface area contributed by atoms with E-state index in [4.69, 9.17) is 0 Å². The van der Waals surface area contributed by atoms with Gasteiger partial charge in [-0.1, -0.05) is 36.8 Å². The first-order valence-electron chi connectivity index (χ1n) is 9.14. The van der Waals surface area contributed by atoms with Crippen LogP contribution in [0.15, 0.2) is 36.5 Å². The largest absolute Gasteiger partial charge is 0.103 e. The van der Waals surface area contributed by atoms with E-state index in [-0.39, 0.29) is 0 Å². The predicted octanol–water partition coefficient (Wildman–Crippen LogP) is 5.92. The van der Waals surface area contributed by atoms with E-state index in [1.165, 1.54) is 56.9 Å². The molecule has 0 aromatic heterocycles. The van der Waals surface area contributed by atoms with Crippen LogP contribution in [-0.2, 0) is 0 Å². The van der Waals surface area contributed by atoms with Gasteiger partial charge >= 0.3 is 0 Å². The molecule has 3 fully saturated rings. The van der Waals surface area contributed by atoms with Crippen molar-refractivity contribution in [2.75, 3.05) is 0 Å². The van der Waals surface area contributed by atoms with Crippen LogP contribution >= 0.6 is 0 Å². The second-order valence-electron chi connectivity index (χ2n) is 8.46. The fourth-order valence-electron chi connectivity index (χ4n) is 6.71. The fourth-order valence-corrected chi connectivity index (χ4v) is 6.71. The molecule has 0 radical (unpaired) electrons. The molecule has 4 rings (SSSR count). The zero-order valence-corrected chi connectivity index (χ0v) is 13.6. The quantitative estimate of drug-likeness (QED) is 0.524. The van der Waals surface area contributed by atoms with Gasteiger partial charge in [-0.05, 0) is 86.4 Å². The van der Waals surface area contributed by atoms with Gasteiger partial charge in [0.2, 0.25) is 0 Å². The minimum absolute atomic E-state index is 0.572. The van der Waals surface area contributed by atoms with Crippen LogP contribution in [0.4, 0.5) is 0 Å². The predicted molar refractivity (Wildman–Crippen MR) is 89.9 cm³/mol. The number of fused-ring (bicyclic) bond motifs is 5. The van der Waals surface area contributed by atoms with Gasteiger partial charge in [0.15, 0.2) is 0 Å². The van der Waals surface area contributed by atoms with E-state index >= 15 is 0 Å². The minimum Gasteiger partial charge on any atom is -0.103 e. The molecule has 0 heteroatoms. The maximum absolute atomic E-state index is 4.21. The van der Waals surface area contributed by atoms with Crippen LogP contribution in [0.1, 0.15) is 58.3 Å². The summed E-state index contributed by atoms with van der Waals surface area (Å²) in [5.41, 5.74) is 3.71. The summed E-state index contributed by atoms with van der Waals surface area (Å²) in [6.07, 6.45) is 16.0. The van der Waals surface area contributed by atoms with Crippen molar-refractivity contribution in [3.8, 4) is 0 Å². The maximum atomic E-state index is 4.21. The molecule has 0 saturated heterocycles. The lowest BCUT2D eigenvalue weighted by Gasteiger charge is -2.54. The zero-order valence-electron chi connectivity index (χ0n) is 13.6. The molecule has 0 aliphatic heterocycles. The van der Waals surface area contributed by atoms with Crippen molar-refractivity contribution in [2.45, 2.75) is 58.3 Å². The molecule has 0 aromatic rings. The minimum atomic E-state index is 0.572. The number of hydrogen-bond donors (Lipinski definition) is 0. The van der Waals surface area contributed by atoms with Crippen molar-refractivity contribution in [1.82, 2.24) is 0 Å². The summed E-state index contributed by atoms with van der Waals surface area (Å²) in [7, 11) is 0. The SMILES string of the molecule is C=CC1CCC2C3CCC4=CC(=C)CCC4C3CCC12C. The van der Waals surface area contributed by atoms with Gasteiger partial charge in [0.25, 0.3) is 0 Å². The Morgan fingerprint density at radius 3 is 2.76 bits per heavy atom. The first kappa shape index (κ1) is 13.9. The summed E-state index contributed by atoms with van der Waals surface area (Å²) < 4.78 is 0. The standard InChI is InChI=1S/C21H30/c1-4-16-7-10-20-19-9-6-15-13-14(2)5-8-17(15)18(19)11-12-21(16,20)3/h4,13,16-20H,1-2,5-12H2,3H3. The van der Waals surface area contributed by atoms with Crippen molar-refractivity contribution in [3.05, 3.63) is 36.5 Å². The van der Waals surface area contributed by atoms with Gasteiger partial charge in [0.1, 0.15) is 0 Å². The van der Waals surface area contributed by atoms with E-state index in [0.29, 0.717) is 5.41 Å². The van der Waals surface area contributed by atoms with Gasteiger partial charge in [-0.25, -0.2) is 0 Å². The first-order chi connectivity index (χ1) is 10.1. The van der Waals surface area contributed by atoms with Crippen LogP contribution in [0.5, 0.6) is 0 Å². The molecule has 4 aliphatic carbocycles. The Morgan fingerprint density at radius 1 is 1.10 bits per heavy atom. The molecule has 0 aromatic carbocycles. The van der Waals surface area contributed by atoms with Crippen molar-refractivity contribution in [2.24, 2.45) is 35.0 Å². The highest BCUT2D eigenvalue weighted by Crippen LogP contribution is 2.63. The van der Waals surface area contributed by atoms with E-state index in [1.807, 2.05) is 0 Å². The van der Waals surface area contributed by atoms with Gasteiger partial charge in [-0.2, -0.15) is 0 Å². The van der Waals surface area contributed by atoms with E-state index in [2.05, 4.69) is 32.2 Å². The van der Waals surface area contributed by atoms with Crippen molar-refractivity contribution in [1.29, 1.82) is 0 Å². The lowest BCUT2D eigenvalue weighted by molar-refractivity contribution is -0.0126. The van der Waals surface area contributed by atoms with Gasteiger partial charge in [0, 0.05) is 0 Å². The fraction of sp³-hybridized carbons (Fsp3) is 0.714. The van der Waals surface area contributed by atoms with Crippen molar-refractivity contribution in [3.63, 3.8) is 0 Å². The second kappa shape index (κ2) is 4.86. The molecule has 4 aliphatic rings. The summed E-state index contributed by atoms with van der Waals surface area (Å²) in [6, 6.07) is 0. The normalized spacial score (nSPS) is 48.9. The molecule has 0 heterocycles. The average molecular weight is 282 g/mol. The molecule has 21 heavy (non-hydrogen) atoms. The van der Waals surface area contributed by atoms with Gasteiger partial charge in [-0.15, -0.1) is 6.58 Å². The maximum Gasteiger partial charge on any atom is -0.0166 e. The molecule has 0 spiro atoms. The van der Waals surface area contributed by atoms with Crippen molar-refractivity contribution < 1.29 is 0 Å². The van der Waals surface area contributed by atoms with E-state index in [0.717, 1.165) is 29.6 Å². The molecule has 3 saturated carbocycles. The van der Waals surface area contributed by atoms with Gasteiger partial charge in [0.05, 0.1) is 0 Å². The third-order valence-corrected chi connectivity index (χ3v) is 7.78. The Balaban J connectivity index is 1.62. The highest BCUT2D eigenvalue weighted by atomic mass is 14.6. The monoisotopic (exact) mass is 282 g/mol. The molecule has 114 valence electrons. The van der Waals surface area contributed by atoms with Crippen molar-refractivity contribution >= 4 is 0 Å². The highest BCUT2D eigenvalue weighted by Gasteiger charge is 2.55. The zero-order chi connectivity index (χ0) is 14.6. The lowest BCUT2D eigenvalue weighted by atomic mass is 9.51. The Bertz CT molecular complexity index is 496. The molecular weight excluding hydrogens is 252 g/mol. The smallest absolute Gasteiger partial charge is 0.0166 e. The molecular formula is C21H30. The Hall–Kier alpha value is -0.780. The summed E-state index contributed by atoms with van der Waals surface area (Å²) in [4.78, 5) is 0. The Labute approximate surface area is 130 Å². The third-order valence-electron chi connectivity index (χ3n) is 7.78. The van der Waals surface area contributed by atoms with Crippen LogP contribution < -0.4 is 0 Å². The van der Waals surface area contributed by atoms with E-state index < -0.39 is 0 Å². The summed E-state index contributed by atoms with van der Waals surface area (Å²) in [6.45, 7) is 10.9. The number of rotatable bonds is 1. The summed E-state index contributed by atoms with van der Waals surface area (Å²) in [5.74, 6) is 4.65. The summed E-state index contributed by atoms with van der Waals surface area (Å²) in [5, 5.41) is 0. The van der Waals surface area contributed by atoms with Crippen LogP contribution in [0.3, 0.4) is 0 Å². The molecule has 0 bridgehead atoms. The third kappa shape index (κ3) is 1.94. The van der Waals surface area contributed by atoms with Crippen LogP contribution in [0.2, 0.25) is 0 Å². The van der Waals surface area contributed by atoms with Crippen LogP contribution in [-0.4, -0.2) is 0 Å². The molecule has 6 atom stereocenters.